The van der Waals surface area contributed by atoms with Gasteiger partial charge in [0.25, 0.3) is 0 Å². The monoisotopic (exact) mass is 297 g/mol. The zero-order valence-electron chi connectivity index (χ0n) is 10.7. The molecule has 0 fully saturated rings. The molecule has 0 bridgehead atoms. The molecule has 108 valence electrons. The fraction of sp³-hybridized carbons (Fsp3) is 0.700. The van der Waals surface area contributed by atoms with E-state index in [1.807, 2.05) is 0 Å². The molecule has 9 heteroatoms. The van der Waals surface area contributed by atoms with Gasteiger partial charge in [0.2, 0.25) is 11.0 Å². The second-order valence-corrected chi connectivity index (χ2v) is 4.66. The first kappa shape index (κ1) is 15.7. The SMILES string of the molecule is CCOC(=O)CN(c1nc(C(F)(F)F)ns1)C(C)C. The van der Waals surface area contributed by atoms with Gasteiger partial charge in [0.1, 0.15) is 6.54 Å². The summed E-state index contributed by atoms with van der Waals surface area (Å²) in [6.45, 7) is 5.21. The average Bonchev–Trinajstić information content (AvgIpc) is 2.74. The normalized spacial score (nSPS) is 11.7. The standard InChI is InChI=1S/C10H14F3N3O2S/c1-4-18-7(17)5-16(6(2)3)9-14-8(15-19-9)10(11,12)13/h6H,4-5H2,1-3H3. The number of halogens is 3. The van der Waals surface area contributed by atoms with Crippen LogP contribution in [0.15, 0.2) is 0 Å². The van der Waals surface area contributed by atoms with E-state index >= 15 is 0 Å². The first-order valence-electron chi connectivity index (χ1n) is 5.58. The van der Waals surface area contributed by atoms with Gasteiger partial charge in [0, 0.05) is 17.6 Å². The fourth-order valence-electron chi connectivity index (χ4n) is 1.26. The summed E-state index contributed by atoms with van der Waals surface area (Å²) < 4.78 is 45.3. The lowest BCUT2D eigenvalue weighted by Crippen LogP contribution is -2.36. The molecule has 0 unspecified atom stereocenters. The molecule has 0 aliphatic rings. The summed E-state index contributed by atoms with van der Waals surface area (Å²) in [6, 6.07) is -0.196. The molecule has 1 aromatic rings. The van der Waals surface area contributed by atoms with Crippen molar-refractivity contribution in [2.75, 3.05) is 18.1 Å². The van der Waals surface area contributed by atoms with E-state index in [1.165, 1.54) is 4.90 Å². The van der Waals surface area contributed by atoms with Crippen molar-refractivity contribution in [3.8, 4) is 0 Å². The van der Waals surface area contributed by atoms with Gasteiger partial charge < -0.3 is 9.64 Å². The van der Waals surface area contributed by atoms with Gasteiger partial charge in [-0.25, -0.2) is 0 Å². The van der Waals surface area contributed by atoms with E-state index in [-0.39, 0.29) is 24.3 Å². The van der Waals surface area contributed by atoms with Crippen LogP contribution < -0.4 is 4.90 Å². The Balaban J connectivity index is 2.88. The van der Waals surface area contributed by atoms with Crippen molar-refractivity contribution < 1.29 is 22.7 Å². The highest BCUT2D eigenvalue weighted by Crippen LogP contribution is 2.30. The Labute approximate surface area is 112 Å². The Bertz CT molecular complexity index is 434. The highest BCUT2D eigenvalue weighted by molar-refractivity contribution is 7.09. The lowest BCUT2D eigenvalue weighted by atomic mass is 10.3. The molecule has 0 aliphatic carbocycles. The summed E-state index contributed by atoms with van der Waals surface area (Å²) in [4.78, 5) is 16.2. The molecule has 0 spiro atoms. The number of esters is 1. The topological polar surface area (TPSA) is 55.3 Å². The van der Waals surface area contributed by atoms with Gasteiger partial charge in [0.15, 0.2) is 0 Å². The molecule has 0 aliphatic heterocycles. The Morgan fingerprint density at radius 1 is 1.47 bits per heavy atom. The van der Waals surface area contributed by atoms with Crippen molar-refractivity contribution in [1.29, 1.82) is 0 Å². The van der Waals surface area contributed by atoms with E-state index in [9.17, 15) is 18.0 Å². The van der Waals surface area contributed by atoms with Crippen LogP contribution in [0.4, 0.5) is 18.3 Å². The Hall–Kier alpha value is -1.38. The molecule has 0 aromatic carbocycles. The Kier molecular flexibility index (Phi) is 5.10. The second kappa shape index (κ2) is 6.18. The maximum Gasteiger partial charge on any atom is 0.452 e. The maximum absolute atomic E-state index is 12.4. The number of hydrogen-bond acceptors (Lipinski definition) is 6. The smallest absolute Gasteiger partial charge is 0.452 e. The summed E-state index contributed by atoms with van der Waals surface area (Å²) in [5.74, 6) is -1.71. The molecule has 0 saturated carbocycles. The van der Waals surface area contributed by atoms with Crippen molar-refractivity contribution in [2.24, 2.45) is 0 Å². The number of alkyl halides is 3. The fourth-order valence-corrected chi connectivity index (χ4v) is 2.08. The van der Waals surface area contributed by atoms with E-state index in [0.717, 1.165) is 0 Å². The van der Waals surface area contributed by atoms with Gasteiger partial charge in [-0.3, -0.25) is 4.79 Å². The average molecular weight is 297 g/mol. The first-order chi connectivity index (χ1) is 8.75. The third kappa shape index (κ3) is 4.34. The number of hydrogen-bond donors (Lipinski definition) is 0. The van der Waals surface area contributed by atoms with E-state index in [2.05, 4.69) is 9.36 Å². The number of nitrogens with zero attached hydrogens (tertiary/aromatic N) is 3. The van der Waals surface area contributed by atoms with Gasteiger partial charge in [-0.1, -0.05) is 0 Å². The predicted molar refractivity (Wildman–Crippen MR) is 64.0 cm³/mol. The van der Waals surface area contributed by atoms with Crippen molar-refractivity contribution in [3.63, 3.8) is 0 Å². The van der Waals surface area contributed by atoms with Gasteiger partial charge in [-0.05, 0) is 20.8 Å². The quantitative estimate of drug-likeness (QED) is 0.781. The van der Waals surface area contributed by atoms with Crippen LogP contribution in [0, 0.1) is 0 Å². The number of rotatable bonds is 5. The van der Waals surface area contributed by atoms with Crippen molar-refractivity contribution >= 4 is 22.6 Å². The van der Waals surface area contributed by atoms with Gasteiger partial charge in [-0.15, -0.1) is 0 Å². The molecule has 19 heavy (non-hydrogen) atoms. The zero-order valence-corrected chi connectivity index (χ0v) is 11.5. The second-order valence-electron chi connectivity index (χ2n) is 3.92. The van der Waals surface area contributed by atoms with E-state index < -0.39 is 18.0 Å². The molecule has 5 nitrogen and oxygen atoms in total. The third-order valence-electron chi connectivity index (χ3n) is 2.14. The Morgan fingerprint density at radius 3 is 2.53 bits per heavy atom. The molecule has 1 heterocycles. The molecule has 0 atom stereocenters. The highest BCUT2D eigenvalue weighted by atomic mass is 32.1. The Morgan fingerprint density at radius 2 is 2.11 bits per heavy atom. The molecule has 0 saturated heterocycles. The van der Waals surface area contributed by atoms with E-state index in [4.69, 9.17) is 4.74 Å². The lowest BCUT2D eigenvalue weighted by molar-refractivity contribution is -0.144. The van der Waals surface area contributed by atoms with Crippen molar-refractivity contribution in [3.05, 3.63) is 5.82 Å². The number of ether oxygens (including phenoxy) is 1. The summed E-state index contributed by atoms with van der Waals surface area (Å²) in [6.07, 6.45) is -4.58. The van der Waals surface area contributed by atoms with Crippen molar-refractivity contribution in [2.45, 2.75) is 33.0 Å². The minimum Gasteiger partial charge on any atom is -0.465 e. The molecule has 1 aromatic heterocycles. The van der Waals surface area contributed by atoms with Crippen LogP contribution >= 0.6 is 11.5 Å². The molecule has 0 amide bonds. The van der Waals surface area contributed by atoms with Gasteiger partial charge in [0.05, 0.1) is 6.61 Å². The predicted octanol–water partition coefficient (Wildman–Crippen LogP) is 2.33. The number of carbonyl (C=O) groups excluding carboxylic acids is 1. The van der Waals surface area contributed by atoms with Crippen molar-refractivity contribution in [1.82, 2.24) is 9.36 Å². The number of anilines is 1. The van der Waals surface area contributed by atoms with E-state index in [1.54, 1.807) is 20.8 Å². The van der Waals surface area contributed by atoms with Crippen LogP contribution in [0.1, 0.15) is 26.6 Å². The molecule has 1 rings (SSSR count). The van der Waals surface area contributed by atoms with Crippen LogP contribution in [0.5, 0.6) is 0 Å². The first-order valence-corrected chi connectivity index (χ1v) is 6.36. The molecule has 0 N–H and O–H groups in total. The molecular formula is C10H14F3N3O2S. The lowest BCUT2D eigenvalue weighted by Gasteiger charge is -2.24. The van der Waals surface area contributed by atoms with Crippen LogP contribution in [0.2, 0.25) is 0 Å². The summed E-state index contributed by atoms with van der Waals surface area (Å²) >= 11 is 0.610. The minimum atomic E-state index is -4.58. The van der Waals surface area contributed by atoms with Crippen LogP contribution in [-0.4, -0.2) is 34.5 Å². The van der Waals surface area contributed by atoms with Crippen LogP contribution in [0.3, 0.4) is 0 Å². The zero-order chi connectivity index (χ0) is 14.6. The van der Waals surface area contributed by atoms with Crippen LogP contribution in [-0.2, 0) is 15.7 Å². The summed E-state index contributed by atoms with van der Waals surface area (Å²) in [5.41, 5.74) is 0. The minimum absolute atomic E-state index is 0.0513. The largest absolute Gasteiger partial charge is 0.465 e. The number of aromatic nitrogens is 2. The molecule has 0 radical (unpaired) electrons. The third-order valence-corrected chi connectivity index (χ3v) is 2.90. The summed E-state index contributed by atoms with van der Waals surface area (Å²) in [7, 11) is 0. The van der Waals surface area contributed by atoms with Crippen LogP contribution in [0.25, 0.3) is 0 Å². The molecular weight excluding hydrogens is 283 g/mol. The highest BCUT2D eigenvalue weighted by Gasteiger charge is 2.37. The number of carbonyl (C=O) groups is 1. The maximum atomic E-state index is 12.4. The van der Waals surface area contributed by atoms with E-state index in [0.29, 0.717) is 11.5 Å². The van der Waals surface area contributed by atoms with Gasteiger partial charge >= 0.3 is 12.1 Å². The summed E-state index contributed by atoms with van der Waals surface area (Å²) in [5, 5.41) is 0.0513. The van der Waals surface area contributed by atoms with Gasteiger partial charge in [-0.2, -0.15) is 22.5 Å².